The number of likely N-dealkylation sites (tertiary alicyclic amines) is 1. The van der Waals surface area contributed by atoms with Crippen molar-refractivity contribution in [3.63, 3.8) is 0 Å². The molecule has 5 rings (SSSR count). The van der Waals surface area contributed by atoms with Crippen molar-refractivity contribution in [3.05, 3.63) is 0 Å². The second-order valence-corrected chi connectivity index (χ2v) is 10.5. The zero-order valence-corrected chi connectivity index (χ0v) is 17.4. The molecule has 2 aliphatic carbocycles. The third-order valence-corrected chi connectivity index (χ3v) is 8.99. The summed E-state index contributed by atoms with van der Waals surface area (Å²) in [5.41, 5.74) is 0.205. The molecule has 27 heavy (non-hydrogen) atoms. The Morgan fingerprint density at radius 2 is 2.00 bits per heavy atom. The van der Waals surface area contributed by atoms with Gasteiger partial charge in [0.05, 0.1) is 12.0 Å². The van der Waals surface area contributed by atoms with Crippen molar-refractivity contribution in [2.45, 2.75) is 76.2 Å². The van der Waals surface area contributed by atoms with Crippen LogP contribution in [0.1, 0.15) is 52.4 Å². The predicted octanol–water partition coefficient (Wildman–Crippen LogP) is 2.54. The molecule has 7 unspecified atom stereocenters. The van der Waals surface area contributed by atoms with Crippen molar-refractivity contribution in [1.29, 1.82) is 0 Å². The number of nitrogens with zero attached hydrogens (tertiary/aromatic N) is 2. The van der Waals surface area contributed by atoms with Crippen molar-refractivity contribution in [1.82, 2.24) is 9.80 Å². The maximum Gasteiger partial charge on any atom is 0.311 e. The smallest absolute Gasteiger partial charge is 0.311 e. The van der Waals surface area contributed by atoms with Gasteiger partial charge in [0.2, 0.25) is 0 Å². The van der Waals surface area contributed by atoms with E-state index in [1.807, 2.05) is 0 Å². The minimum absolute atomic E-state index is 0.0114. The van der Waals surface area contributed by atoms with Gasteiger partial charge in [-0.25, -0.2) is 0 Å². The maximum atomic E-state index is 12.9. The molecule has 3 heterocycles. The number of rotatable bonds is 3. The summed E-state index contributed by atoms with van der Waals surface area (Å²) in [6, 6.07) is 0.588. The molecule has 152 valence electrons. The molecule has 3 saturated heterocycles. The first-order valence-electron chi connectivity index (χ1n) is 11.1. The van der Waals surface area contributed by atoms with Gasteiger partial charge >= 0.3 is 5.97 Å². The second kappa shape index (κ2) is 6.17. The summed E-state index contributed by atoms with van der Waals surface area (Å²) in [6.07, 6.45) is 7.46. The van der Waals surface area contributed by atoms with Crippen molar-refractivity contribution in [2.24, 2.45) is 23.2 Å². The van der Waals surface area contributed by atoms with Gasteiger partial charge in [-0.05, 0) is 65.2 Å². The second-order valence-electron chi connectivity index (χ2n) is 10.5. The fraction of sp³-hybridized carbons (Fsp3) is 0.955. The molecule has 0 radical (unpaired) electrons. The lowest BCUT2D eigenvalue weighted by atomic mass is 9.53. The number of carbonyl (C=O) groups excluding carboxylic acids is 1. The van der Waals surface area contributed by atoms with Crippen LogP contribution in [0.4, 0.5) is 0 Å². The predicted molar refractivity (Wildman–Crippen MR) is 103 cm³/mol. The van der Waals surface area contributed by atoms with Gasteiger partial charge in [0.25, 0.3) is 0 Å². The Labute approximate surface area is 163 Å². The highest BCUT2D eigenvalue weighted by atomic mass is 16.6. The zero-order chi connectivity index (χ0) is 19.0. The van der Waals surface area contributed by atoms with Crippen LogP contribution in [0.25, 0.3) is 0 Å². The van der Waals surface area contributed by atoms with Crippen molar-refractivity contribution >= 4 is 5.97 Å². The molecule has 0 bridgehead atoms. The summed E-state index contributed by atoms with van der Waals surface area (Å²) in [5, 5.41) is 0. The van der Waals surface area contributed by atoms with Crippen LogP contribution in [0.2, 0.25) is 0 Å². The average molecular weight is 377 g/mol. The number of hydrogen-bond donors (Lipinski definition) is 0. The summed E-state index contributed by atoms with van der Waals surface area (Å²) in [4.78, 5) is 17.7. The van der Waals surface area contributed by atoms with Crippen LogP contribution in [0.3, 0.4) is 0 Å². The van der Waals surface area contributed by atoms with Crippen LogP contribution >= 0.6 is 0 Å². The molecular weight excluding hydrogens is 340 g/mol. The van der Waals surface area contributed by atoms with Gasteiger partial charge in [-0.1, -0.05) is 20.3 Å². The Balaban J connectivity index is 1.33. The van der Waals surface area contributed by atoms with Crippen molar-refractivity contribution in [3.8, 4) is 0 Å². The van der Waals surface area contributed by atoms with E-state index in [1.165, 1.54) is 32.1 Å². The van der Waals surface area contributed by atoms with E-state index in [-0.39, 0.29) is 41.0 Å². The Morgan fingerprint density at radius 1 is 1.26 bits per heavy atom. The van der Waals surface area contributed by atoms with Crippen LogP contribution in [0, 0.1) is 23.2 Å². The molecular formula is C22H36N2O3. The minimum Gasteiger partial charge on any atom is -0.462 e. The number of epoxide rings is 1. The standard InChI is InChI=1S/C22H36N2O3/c1-14-6-5-9-21(2)12-17-18(19-22(14,21)27-19)16(20(25)26-17)13-24(4)15-7-10-23(3)11-8-15/h14-19H,5-13H2,1-4H3. The highest BCUT2D eigenvalue weighted by Gasteiger charge is 2.78. The minimum atomic E-state index is -0.0114. The van der Waals surface area contributed by atoms with Gasteiger partial charge in [-0.2, -0.15) is 0 Å². The first-order valence-corrected chi connectivity index (χ1v) is 11.1. The van der Waals surface area contributed by atoms with E-state index in [0.29, 0.717) is 12.0 Å². The molecule has 2 saturated carbocycles. The molecule has 0 N–H and O–H groups in total. The summed E-state index contributed by atoms with van der Waals surface area (Å²) in [5.74, 6) is 0.887. The van der Waals surface area contributed by atoms with E-state index in [0.717, 1.165) is 26.1 Å². The first-order chi connectivity index (χ1) is 12.9. The molecule has 0 aromatic heterocycles. The first kappa shape index (κ1) is 18.4. The molecule has 5 nitrogen and oxygen atoms in total. The zero-order valence-electron chi connectivity index (χ0n) is 17.4. The lowest BCUT2D eigenvalue weighted by Crippen LogP contribution is -2.55. The summed E-state index contributed by atoms with van der Waals surface area (Å²) in [7, 11) is 4.40. The van der Waals surface area contributed by atoms with E-state index in [9.17, 15) is 4.79 Å². The monoisotopic (exact) mass is 376 g/mol. The normalized spacial score (nSPS) is 50.1. The van der Waals surface area contributed by atoms with Gasteiger partial charge in [-0.3, -0.25) is 4.79 Å². The number of carbonyl (C=O) groups is 1. The quantitative estimate of drug-likeness (QED) is 0.559. The topological polar surface area (TPSA) is 45.3 Å². The fourth-order valence-electron chi connectivity index (χ4n) is 7.34. The maximum absolute atomic E-state index is 12.9. The van der Waals surface area contributed by atoms with Gasteiger partial charge in [0.15, 0.2) is 0 Å². The van der Waals surface area contributed by atoms with Gasteiger partial charge in [0, 0.05) is 23.9 Å². The van der Waals surface area contributed by atoms with Crippen LogP contribution in [-0.2, 0) is 14.3 Å². The fourth-order valence-corrected chi connectivity index (χ4v) is 7.34. The third kappa shape index (κ3) is 2.57. The Morgan fingerprint density at radius 3 is 2.74 bits per heavy atom. The van der Waals surface area contributed by atoms with Crippen LogP contribution < -0.4 is 0 Å². The van der Waals surface area contributed by atoms with E-state index in [4.69, 9.17) is 9.47 Å². The largest absolute Gasteiger partial charge is 0.462 e. The highest BCUT2D eigenvalue weighted by molar-refractivity contribution is 5.76. The molecule has 3 aliphatic heterocycles. The SMILES string of the molecule is CC1CCCC2(C)CC3OC(=O)C(CN(C)C4CCN(C)CC4)C3C3OC132. The molecule has 5 aliphatic rings. The third-order valence-electron chi connectivity index (χ3n) is 8.99. The Bertz CT molecular complexity index is 619. The molecule has 0 amide bonds. The molecule has 5 heteroatoms. The Kier molecular flexibility index (Phi) is 4.20. The molecule has 5 fully saturated rings. The van der Waals surface area contributed by atoms with Gasteiger partial charge < -0.3 is 19.3 Å². The Hall–Kier alpha value is -0.650. The summed E-state index contributed by atoms with van der Waals surface area (Å²) >= 11 is 0. The lowest BCUT2D eigenvalue weighted by molar-refractivity contribution is -0.146. The number of piperidine rings is 1. The van der Waals surface area contributed by atoms with Crippen LogP contribution in [-0.4, -0.2) is 73.3 Å². The molecule has 1 spiro atoms. The van der Waals surface area contributed by atoms with Gasteiger partial charge in [0.1, 0.15) is 11.7 Å². The van der Waals surface area contributed by atoms with Crippen LogP contribution in [0.5, 0.6) is 0 Å². The molecule has 0 aromatic carbocycles. The summed E-state index contributed by atoms with van der Waals surface area (Å²) in [6.45, 7) is 7.90. The average Bonchev–Trinajstić information content (AvgIpc) is 3.31. The van der Waals surface area contributed by atoms with Crippen molar-refractivity contribution in [2.75, 3.05) is 33.7 Å². The van der Waals surface area contributed by atoms with Crippen molar-refractivity contribution < 1.29 is 14.3 Å². The van der Waals surface area contributed by atoms with Gasteiger partial charge in [-0.15, -0.1) is 0 Å². The number of esters is 1. The van der Waals surface area contributed by atoms with E-state index in [1.54, 1.807) is 0 Å². The molecule has 0 aromatic rings. The summed E-state index contributed by atoms with van der Waals surface area (Å²) < 4.78 is 12.5. The van der Waals surface area contributed by atoms with Crippen LogP contribution in [0.15, 0.2) is 0 Å². The highest BCUT2D eigenvalue weighted by Crippen LogP contribution is 2.70. The number of ether oxygens (including phenoxy) is 2. The van der Waals surface area contributed by atoms with E-state index < -0.39 is 0 Å². The number of fused-ring (bicyclic) bond motifs is 2. The lowest BCUT2D eigenvalue weighted by Gasteiger charge is -2.49. The molecule has 7 atom stereocenters. The van der Waals surface area contributed by atoms with E-state index in [2.05, 4.69) is 37.7 Å². The number of hydrogen-bond acceptors (Lipinski definition) is 5. The van der Waals surface area contributed by atoms with E-state index >= 15 is 0 Å².